The molecule has 70 valence electrons. The van der Waals surface area contributed by atoms with Crippen molar-refractivity contribution >= 4 is 0 Å². The highest BCUT2D eigenvalue weighted by Gasteiger charge is 2.18. The van der Waals surface area contributed by atoms with Crippen LogP contribution in [0.4, 0.5) is 0 Å². The van der Waals surface area contributed by atoms with Gasteiger partial charge in [-0.05, 0) is 25.2 Å². The quantitative estimate of drug-likeness (QED) is 0.514. The van der Waals surface area contributed by atoms with Crippen LogP contribution in [0.2, 0.25) is 0 Å². The lowest BCUT2D eigenvalue weighted by Crippen LogP contribution is -1.97. The second-order valence-electron chi connectivity index (χ2n) is 2.86. The molecule has 0 aromatic heterocycles. The van der Waals surface area contributed by atoms with E-state index in [-0.39, 0.29) is 0 Å². The van der Waals surface area contributed by atoms with E-state index in [0.717, 1.165) is 12.2 Å². The molecule has 0 bridgehead atoms. The van der Waals surface area contributed by atoms with E-state index in [1.165, 1.54) is 5.57 Å². The first-order valence-electron chi connectivity index (χ1n) is 4.85. The molecule has 2 aliphatic rings. The summed E-state index contributed by atoms with van der Waals surface area (Å²) in [5, 5.41) is 0. The average Bonchev–Trinajstić information content (AvgIpc) is 2.36. The fourth-order valence-electron chi connectivity index (χ4n) is 1.36. The number of hydrogen-bond donors (Lipinski definition) is 0. The minimum atomic E-state index is 0.334. The molecule has 0 aromatic carbocycles. The summed E-state index contributed by atoms with van der Waals surface area (Å²) in [6.07, 6.45) is 9.19. The second kappa shape index (κ2) is 4.74. The number of rotatable bonds is 0. The minimum Gasteiger partial charge on any atom is -0.490 e. The van der Waals surface area contributed by atoms with Gasteiger partial charge in [-0.1, -0.05) is 19.9 Å². The van der Waals surface area contributed by atoms with Crippen LogP contribution < -0.4 is 0 Å². The molecule has 0 aromatic rings. The van der Waals surface area contributed by atoms with Crippen molar-refractivity contribution in [2.24, 2.45) is 0 Å². The van der Waals surface area contributed by atoms with E-state index in [1.807, 2.05) is 38.2 Å². The maximum absolute atomic E-state index is 5.55. The van der Waals surface area contributed by atoms with E-state index in [2.05, 4.69) is 12.7 Å². The van der Waals surface area contributed by atoms with Gasteiger partial charge in [0.25, 0.3) is 0 Å². The van der Waals surface area contributed by atoms with E-state index >= 15 is 0 Å². The Hall–Kier alpha value is -1.20. The highest BCUT2D eigenvalue weighted by atomic mass is 16.5. The third-order valence-electron chi connectivity index (χ3n) is 1.85. The maximum Gasteiger partial charge on any atom is 0.123 e. The van der Waals surface area contributed by atoms with Gasteiger partial charge >= 0.3 is 0 Å². The maximum atomic E-state index is 5.55. The highest BCUT2D eigenvalue weighted by Crippen LogP contribution is 2.27. The van der Waals surface area contributed by atoms with Crippen molar-refractivity contribution in [3.05, 3.63) is 41.4 Å². The summed E-state index contributed by atoms with van der Waals surface area (Å²) in [5.41, 5.74) is 4.33. The lowest BCUT2D eigenvalue weighted by atomic mass is 10.1. The molecule has 0 N–H and O–H groups in total. The van der Waals surface area contributed by atoms with Crippen molar-refractivity contribution in [1.29, 1.82) is 0 Å². The van der Waals surface area contributed by atoms with Gasteiger partial charge in [0, 0.05) is 12.0 Å². The van der Waals surface area contributed by atoms with Crippen LogP contribution in [0.15, 0.2) is 41.4 Å². The zero-order chi connectivity index (χ0) is 9.68. The van der Waals surface area contributed by atoms with Crippen molar-refractivity contribution in [3.8, 4) is 0 Å². The molecular formula is C12H16O. The van der Waals surface area contributed by atoms with Gasteiger partial charge in [-0.2, -0.15) is 0 Å². The molecule has 1 aliphatic heterocycles. The largest absolute Gasteiger partial charge is 0.490 e. The van der Waals surface area contributed by atoms with Crippen molar-refractivity contribution in [2.75, 3.05) is 0 Å². The van der Waals surface area contributed by atoms with Crippen LogP contribution in [0.3, 0.4) is 0 Å². The summed E-state index contributed by atoms with van der Waals surface area (Å²) in [6.45, 7) is 6.08. The Morgan fingerprint density at radius 1 is 1.46 bits per heavy atom. The van der Waals surface area contributed by atoms with Gasteiger partial charge in [0.1, 0.15) is 11.9 Å². The molecule has 0 fully saturated rings. The Balaban J connectivity index is 0.000000396. The van der Waals surface area contributed by atoms with E-state index in [4.69, 9.17) is 4.74 Å². The van der Waals surface area contributed by atoms with Crippen LogP contribution in [0.5, 0.6) is 0 Å². The first kappa shape index (κ1) is 9.88. The van der Waals surface area contributed by atoms with Gasteiger partial charge in [0.05, 0.1) is 0 Å². The van der Waals surface area contributed by atoms with Crippen LogP contribution >= 0.6 is 0 Å². The topological polar surface area (TPSA) is 9.23 Å². The molecule has 1 heterocycles. The minimum absolute atomic E-state index is 0.334. The first-order chi connectivity index (χ1) is 6.36. The normalized spacial score (nSPS) is 23.2. The summed E-state index contributed by atoms with van der Waals surface area (Å²) in [6, 6.07) is 0. The first-order valence-corrected chi connectivity index (χ1v) is 4.85. The van der Waals surface area contributed by atoms with Crippen LogP contribution in [0.25, 0.3) is 0 Å². The Morgan fingerprint density at radius 2 is 2.23 bits per heavy atom. The SMILES string of the molecule is CC.C[C@@H]1CC2=C(C=CC=C=C2)O1. The molecule has 1 atom stereocenters. The molecule has 2 rings (SSSR count). The van der Waals surface area contributed by atoms with Crippen molar-refractivity contribution in [2.45, 2.75) is 33.3 Å². The Labute approximate surface area is 80.1 Å². The fourth-order valence-corrected chi connectivity index (χ4v) is 1.36. The lowest BCUT2D eigenvalue weighted by molar-refractivity contribution is 0.169. The highest BCUT2D eigenvalue weighted by molar-refractivity contribution is 5.36. The monoisotopic (exact) mass is 176 g/mol. The molecule has 0 radical (unpaired) electrons. The zero-order valence-corrected chi connectivity index (χ0v) is 8.50. The predicted molar refractivity (Wildman–Crippen MR) is 55.3 cm³/mol. The average molecular weight is 176 g/mol. The Bertz CT molecular complexity index is 288. The van der Waals surface area contributed by atoms with Gasteiger partial charge in [-0.15, -0.1) is 5.73 Å². The fraction of sp³-hybridized carbons (Fsp3) is 0.417. The zero-order valence-electron chi connectivity index (χ0n) is 8.50. The molecule has 1 heteroatoms. The van der Waals surface area contributed by atoms with Crippen molar-refractivity contribution in [1.82, 2.24) is 0 Å². The summed E-state index contributed by atoms with van der Waals surface area (Å²) in [4.78, 5) is 0. The molecular weight excluding hydrogens is 160 g/mol. The summed E-state index contributed by atoms with van der Waals surface area (Å²) >= 11 is 0. The summed E-state index contributed by atoms with van der Waals surface area (Å²) < 4.78 is 5.55. The standard InChI is InChI=1S/C10H10O.C2H6/c1-8-7-9-5-3-2-4-6-10(9)11-8;1-2/h2,4-6,8H,7H2,1H3;1-2H3/t8-;/m1./s1. The summed E-state index contributed by atoms with van der Waals surface area (Å²) in [5.74, 6) is 1.01. The molecule has 1 aliphatic carbocycles. The van der Waals surface area contributed by atoms with Gasteiger partial charge in [-0.3, -0.25) is 0 Å². The molecule has 0 spiro atoms. The van der Waals surface area contributed by atoms with Crippen molar-refractivity contribution in [3.63, 3.8) is 0 Å². The van der Waals surface area contributed by atoms with Crippen LogP contribution in [-0.2, 0) is 4.74 Å². The van der Waals surface area contributed by atoms with Gasteiger partial charge in [-0.25, -0.2) is 0 Å². The molecule has 0 amide bonds. The van der Waals surface area contributed by atoms with E-state index in [9.17, 15) is 0 Å². The molecule has 1 nitrogen and oxygen atoms in total. The van der Waals surface area contributed by atoms with Crippen molar-refractivity contribution < 1.29 is 4.74 Å². The van der Waals surface area contributed by atoms with E-state index in [1.54, 1.807) is 0 Å². The lowest BCUT2D eigenvalue weighted by Gasteiger charge is -2.02. The van der Waals surface area contributed by atoms with Gasteiger partial charge in [0.2, 0.25) is 0 Å². The Kier molecular flexibility index (Phi) is 3.60. The smallest absolute Gasteiger partial charge is 0.123 e. The van der Waals surface area contributed by atoms with Crippen LogP contribution in [0, 0.1) is 0 Å². The third kappa shape index (κ3) is 2.37. The molecule has 0 saturated carbocycles. The third-order valence-corrected chi connectivity index (χ3v) is 1.85. The second-order valence-corrected chi connectivity index (χ2v) is 2.86. The molecule has 13 heavy (non-hydrogen) atoms. The summed E-state index contributed by atoms with van der Waals surface area (Å²) in [7, 11) is 0. The Morgan fingerprint density at radius 3 is 3.00 bits per heavy atom. The predicted octanol–water partition coefficient (Wildman–Crippen LogP) is 3.36. The number of ether oxygens (including phenoxy) is 1. The van der Waals surface area contributed by atoms with Crippen LogP contribution in [-0.4, -0.2) is 6.10 Å². The molecule has 0 saturated heterocycles. The van der Waals surface area contributed by atoms with E-state index in [0.29, 0.717) is 6.10 Å². The molecule has 0 unspecified atom stereocenters. The van der Waals surface area contributed by atoms with E-state index < -0.39 is 0 Å². The van der Waals surface area contributed by atoms with Gasteiger partial charge < -0.3 is 4.74 Å². The number of hydrogen-bond acceptors (Lipinski definition) is 1. The van der Waals surface area contributed by atoms with Crippen LogP contribution in [0.1, 0.15) is 27.2 Å². The van der Waals surface area contributed by atoms with Gasteiger partial charge in [0.15, 0.2) is 0 Å². The number of allylic oxidation sites excluding steroid dienone is 3.